The van der Waals surface area contributed by atoms with Gasteiger partial charge in [0.1, 0.15) is 17.3 Å². The molecule has 2 aromatic rings. The average molecular weight is 389 g/mol. The molecule has 19 heavy (non-hydrogen) atoms. The molecule has 2 nitrogen and oxygen atoms in total. The van der Waals surface area contributed by atoms with Gasteiger partial charge in [-0.05, 0) is 74.7 Å². The van der Waals surface area contributed by atoms with E-state index in [1.165, 1.54) is 12.1 Å². The minimum Gasteiger partial charge on any atom is -0.455 e. The van der Waals surface area contributed by atoms with Crippen molar-refractivity contribution in [2.75, 3.05) is 6.54 Å². The molecule has 0 atom stereocenters. The largest absolute Gasteiger partial charge is 0.455 e. The predicted molar refractivity (Wildman–Crippen MR) is 81.1 cm³/mol. The van der Waals surface area contributed by atoms with Crippen LogP contribution in [0.2, 0.25) is 0 Å². The smallest absolute Gasteiger partial charge is 0.144 e. The first kappa shape index (κ1) is 14.5. The zero-order valence-electron chi connectivity index (χ0n) is 10.00. The second kappa shape index (κ2) is 6.50. The predicted octanol–water partition coefficient (Wildman–Crippen LogP) is 4.64. The minimum absolute atomic E-state index is 0.339. The lowest BCUT2D eigenvalue weighted by atomic mass is 10.1. The molecule has 0 heterocycles. The molecule has 0 radical (unpaired) electrons. The van der Waals surface area contributed by atoms with Crippen molar-refractivity contribution >= 4 is 31.9 Å². The van der Waals surface area contributed by atoms with Gasteiger partial charge in [0.05, 0.1) is 8.95 Å². The third-order valence-corrected chi connectivity index (χ3v) is 3.82. The van der Waals surface area contributed by atoms with Gasteiger partial charge in [0.25, 0.3) is 0 Å². The summed E-state index contributed by atoms with van der Waals surface area (Å²) in [6.45, 7) is 0.599. The molecule has 0 fully saturated rings. The molecule has 0 aliphatic heterocycles. The fraction of sp³-hybridized carbons (Fsp3) is 0.143. The number of rotatable bonds is 4. The van der Waals surface area contributed by atoms with E-state index in [1.807, 2.05) is 18.2 Å². The molecule has 0 unspecified atom stereocenters. The number of halogens is 3. The maximum absolute atomic E-state index is 13.2. The van der Waals surface area contributed by atoms with Crippen molar-refractivity contribution in [2.24, 2.45) is 5.73 Å². The van der Waals surface area contributed by atoms with E-state index in [0.29, 0.717) is 22.5 Å². The molecule has 2 rings (SSSR count). The SMILES string of the molecule is NCCc1ccc(Oc2cc(F)ccc2Br)c(Br)c1. The minimum atomic E-state index is -0.339. The molecular weight excluding hydrogens is 377 g/mol. The van der Waals surface area contributed by atoms with Crippen LogP contribution in [0.5, 0.6) is 11.5 Å². The van der Waals surface area contributed by atoms with Crippen LogP contribution >= 0.6 is 31.9 Å². The lowest BCUT2D eigenvalue weighted by Crippen LogP contribution is -2.02. The summed E-state index contributed by atoms with van der Waals surface area (Å²) in [4.78, 5) is 0. The van der Waals surface area contributed by atoms with E-state index >= 15 is 0 Å². The maximum atomic E-state index is 13.2. The zero-order valence-corrected chi connectivity index (χ0v) is 13.2. The number of ether oxygens (including phenoxy) is 1. The molecule has 0 saturated carbocycles. The van der Waals surface area contributed by atoms with Crippen LogP contribution < -0.4 is 10.5 Å². The van der Waals surface area contributed by atoms with Crippen LogP contribution in [0.4, 0.5) is 4.39 Å². The number of benzene rings is 2. The van der Waals surface area contributed by atoms with Gasteiger partial charge in [0, 0.05) is 6.07 Å². The summed E-state index contributed by atoms with van der Waals surface area (Å²) >= 11 is 6.77. The lowest BCUT2D eigenvalue weighted by Gasteiger charge is -2.10. The maximum Gasteiger partial charge on any atom is 0.144 e. The Kier molecular flexibility index (Phi) is 4.96. The molecular formula is C14H12Br2FNO. The van der Waals surface area contributed by atoms with Gasteiger partial charge in [-0.2, -0.15) is 0 Å². The Morgan fingerprint density at radius 2 is 1.79 bits per heavy atom. The molecule has 0 saturated heterocycles. The fourth-order valence-corrected chi connectivity index (χ4v) is 2.46. The van der Waals surface area contributed by atoms with Crippen LogP contribution in [0.15, 0.2) is 45.3 Å². The first-order valence-corrected chi connectivity index (χ1v) is 7.30. The first-order valence-electron chi connectivity index (χ1n) is 5.71. The Labute approximate surface area is 128 Å². The van der Waals surface area contributed by atoms with Gasteiger partial charge in [-0.15, -0.1) is 0 Å². The molecule has 0 amide bonds. The molecule has 0 spiro atoms. The fourth-order valence-electron chi connectivity index (χ4n) is 1.62. The normalized spacial score (nSPS) is 10.5. The van der Waals surface area contributed by atoms with Crippen LogP contribution in [-0.4, -0.2) is 6.54 Å². The quantitative estimate of drug-likeness (QED) is 0.827. The van der Waals surface area contributed by atoms with Gasteiger partial charge in [0.2, 0.25) is 0 Å². The molecule has 0 bridgehead atoms. The first-order chi connectivity index (χ1) is 9.10. The number of hydrogen-bond donors (Lipinski definition) is 1. The van der Waals surface area contributed by atoms with Crippen molar-refractivity contribution in [1.29, 1.82) is 0 Å². The highest BCUT2D eigenvalue weighted by molar-refractivity contribution is 9.11. The summed E-state index contributed by atoms with van der Waals surface area (Å²) in [5, 5.41) is 0. The average Bonchev–Trinajstić information content (AvgIpc) is 2.37. The Hall–Kier alpha value is -0.910. The number of hydrogen-bond acceptors (Lipinski definition) is 2. The van der Waals surface area contributed by atoms with Crippen LogP contribution in [0.3, 0.4) is 0 Å². The van der Waals surface area contributed by atoms with E-state index in [0.717, 1.165) is 16.5 Å². The topological polar surface area (TPSA) is 35.2 Å². The monoisotopic (exact) mass is 387 g/mol. The molecule has 100 valence electrons. The second-order valence-corrected chi connectivity index (χ2v) is 5.69. The lowest BCUT2D eigenvalue weighted by molar-refractivity contribution is 0.470. The highest BCUT2D eigenvalue weighted by atomic mass is 79.9. The van der Waals surface area contributed by atoms with Crippen LogP contribution in [0, 0.1) is 5.82 Å². The Morgan fingerprint density at radius 1 is 1.00 bits per heavy atom. The second-order valence-electron chi connectivity index (χ2n) is 3.98. The summed E-state index contributed by atoms with van der Waals surface area (Å²) < 4.78 is 20.4. The summed E-state index contributed by atoms with van der Waals surface area (Å²) in [7, 11) is 0. The third-order valence-electron chi connectivity index (χ3n) is 2.54. The van der Waals surface area contributed by atoms with E-state index < -0.39 is 0 Å². The van der Waals surface area contributed by atoms with Crippen molar-refractivity contribution in [1.82, 2.24) is 0 Å². The van der Waals surface area contributed by atoms with Crippen molar-refractivity contribution < 1.29 is 9.13 Å². The van der Waals surface area contributed by atoms with Crippen molar-refractivity contribution in [3.63, 3.8) is 0 Å². The van der Waals surface area contributed by atoms with Gasteiger partial charge in [0.15, 0.2) is 0 Å². The molecule has 2 aromatic carbocycles. The molecule has 0 aromatic heterocycles. The van der Waals surface area contributed by atoms with Gasteiger partial charge >= 0.3 is 0 Å². The summed E-state index contributed by atoms with van der Waals surface area (Å²) in [5.74, 6) is 0.730. The van der Waals surface area contributed by atoms with Crippen molar-refractivity contribution in [3.05, 3.63) is 56.7 Å². The van der Waals surface area contributed by atoms with Gasteiger partial charge < -0.3 is 10.5 Å². The molecule has 2 N–H and O–H groups in total. The Balaban J connectivity index is 2.25. The van der Waals surface area contributed by atoms with Gasteiger partial charge in [-0.3, -0.25) is 0 Å². The van der Waals surface area contributed by atoms with E-state index in [-0.39, 0.29) is 5.82 Å². The molecule has 0 aliphatic rings. The Bertz CT molecular complexity index is 590. The van der Waals surface area contributed by atoms with Crippen LogP contribution in [-0.2, 0) is 6.42 Å². The van der Waals surface area contributed by atoms with E-state index in [4.69, 9.17) is 10.5 Å². The van der Waals surface area contributed by atoms with Crippen LogP contribution in [0.25, 0.3) is 0 Å². The third kappa shape index (κ3) is 3.78. The van der Waals surface area contributed by atoms with E-state index in [2.05, 4.69) is 31.9 Å². The molecule has 0 aliphatic carbocycles. The summed E-state index contributed by atoms with van der Waals surface area (Å²) in [6.07, 6.45) is 0.808. The Morgan fingerprint density at radius 3 is 2.47 bits per heavy atom. The summed E-state index contributed by atoms with van der Waals surface area (Å²) in [5.41, 5.74) is 6.64. The van der Waals surface area contributed by atoms with E-state index in [9.17, 15) is 4.39 Å². The standard InChI is InChI=1S/C14H12Br2FNO/c15-11-3-2-10(17)8-14(11)19-13-4-1-9(5-6-18)7-12(13)16/h1-4,7-8H,5-6,18H2. The zero-order chi connectivity index (χ0) is 13.8. The number of nitrogens with two attached hydrogens (primary N) is 1. The van der Waals surface area contributed by atoms with Crippen LogP contribution in [0.1, 0.15) is 5.56 Å². The van der Waals surface area contributed by atoms with E-state index in [1.54, 1.807) is 6.07 Å². The molecule has 5 heteroatoms. The van der Waals surface area contributed by atoms with Crippen molar-refractivity contribution in [2.45, 2.75) is 6.42 Å². The highest BCUT2D eigenvalue weighted by Crippen LogP contribution is 2.34. The highest BCUT2D eigenvalue weighted by Gasteiger charge is 2.08. The van der Waals surface area contributed by atoms with Crippen molar-refractivity contribution in [3.8, 4) is 11.5 Å². The van der Waals surface area contributed by atoms with Gasteiger partial charge in [-0.25, -0.2) is 4.39 Å². The van der Waals surface area contributed by atoms with Gasteiger partial charge in [-0.1, -0.05) is 6.07 Å². The summed E-state index contributed by atoms with van der Waals surface area (Å²) in [6, 6.07) is 10.1.